The van der Waals surface area contributed by atoms with E-state index in [0.717, 1.165) is 37.2 Å². The Morgan fingerprint density at radius 3 is 2.57 bits per heavy atom. The fraction of sp³-hybridized carbons (Fsp3) is 0.438. The third-order valence-electron chi connectivity index (χ3n) is 8.76. The predicted molar refractivity (Wildman–Crippen MR) is 162 cm³/mol. The van der Waals surface area contributed by atoms with Gasteiger partial charge >= 0.3 is 12.1 Å². The number of fused-ring (bicyclic) bond motifs is 1. The Morgan fingerprint density at radius 2 is 1.85 bits per heavy atom. The highest BCUT2D eigenvalue weighted by atomic mass is 35.5. The molecule has 2 fully saturated rings. The number of para-hydroxylation sites is 1. The van der Waals surface area contributed by atoms with E-state index in [0.29, 0.717) is 43.4 Å². The van der Waals surface area contributed by atoms with Crippen molar-refractivity contribution >= 4 is 17.3 Å². The molecule has 0 aliphatic carbocycles. The molecule has 0 radical (unpaired) electrons. The molecule has 4 aromatic rings. The van der Waals surface area contributed by atoms with Gasteiger partial charge in [0.1, 0.15) is 17.2 Å². The molecule has 2 aromatic heterocycles. The molecule has 3 aliphatic rings. The molecule has 2 aromatic carbocycles. The first-order chi connectivity index (χ1) is 22.5. The topological polar surface area (TPSA) is 98.9 Å². The Labute approximate surface area is 272 Å². The third-order valence-corrected chi connectivity index (χ3v) is 8.99. The van der Waals surface area contributed by atoms with Gasteiger partial charge in [-0.2, -0.15) is 23.3 Å². The fourth-order valence-corrected chi connectivity index (χ4v) is 6.59. The minimum Gasteiger partial charge on any atom is -0.444 e. The number of anilines is 1. The van der Waals surface area contributed by atoms with E-state index in [4.69, 9.17) is 25.8 Å². The van der Waals surface area contributed by atoms with E-state index in [1.54, 1.807) is 25.1 Å². The molecule has 3 aliphatic heterocycles. The minimum absolute atomic E-state index is 0.0391. The molecule has 15 heteroatoms. The first-order valence-corrected chi connectivity index (χ1v) is 15.7. The molecule has 7 rings (SSSR count). The smallest absolute Gasteiger partial charge is 0.444 e. The zero-order valence-electron chi connectivity index (χ0n) is 25.6. The van der Waals surface area contributed by atoms with E-state index in [-0.39, 0.29) is 34.1 Å². The van der Waals surface area contributed by atoms with Gasteiger partial charge in [-0.15, -0.1) is 5.10 Å². The number of nitrogens with zero attached hydrogens (tertiary/aromatic N) is 6. The maximum atomic E-state index is 14.8. The molecule has 0 saturated carbocycles. The van der Waals surface area contributed by atoms with Crippen molar-refractivity contribution < 1.29 is 36.3 Å². The summed E-state index contributed by atoms with van der Waals surface area (Å²) in [6.07, 6.45) is -3.15. The number of piperidine rings is 1. The molecule has 248 valence electrons. The average Bonchev–Trinajstić information content (AvgIpc) is 3.67. The number of morpholine rings is 1. The van der Waals surface area contributed by atoms with Gasteiger partial charge in [0.05, 0.1) is 24.0 Å². The number of alkyl halides is 3. The monoisotopic (exact) mass is 674 g/mol. The molecule has 0 amide bonds. The normalized spacial score (nSPS) is 22.2. The van der Waals surface area contributed by atoms with Gasteiger partial charge in [-0.3, -0.25) is 4.90 Å². The molecule has 47 heavy (non-hydrogen) atoms. The summed E-state index contributed by atoms with van der Waals surface area (Å²) in [5, 5.41) is 12.4. The van der Waals surface area contributed by atoms with Crippen molar-refractivity contribution in [2.24, 2.45) is 0 Å². The molecule has 2 saturated heterocycles. The van der Waals surface area contributed by atoms with Crippen molar-refractivity contribution in [2.75, 3.05) is 37.7 Å². The standard InChI is InChI=1S/C32H31ClF4N6O4/c1-18-16-43(12-13-44-18)26-15-24(29-38-30(47-41-29)32(35,36)37)39-40-25(26)17-42-10-8-19(9-11-42)21-4-3-5-27-28(21)46-31(2,45-27)22-7-6-20(33)14-23(22)34/h3-7,14-15,18-19H,8-13,16-17H2,1-2H3/t18?,31-/m0/s1. The summed E-state index contributed by atoms with van der Waals surface area (Å²) in [5.41, 5.74) is 2.79. The van der Waals surface area contributed by atoms with E-state index in [1.165, 1.54) is 6.07 Å². The van der Waals surface area contributed by atoms with Crippen molar-refractivity contribution in [1.29, 1.82) is 0 Å². The number of benzene rings is 2. The lowest BCUT2D eigenvalue weighted by Crippen LogP contribution is -2.42. The fourth-order valence-electron chi connectivity index (χ4n) is 6.43. The molecular formula is C32H31ClF4N6O4. The van der Waals surface area contributed by atoms with Crippen LogP contribution in [0.25, 0.3) is 11.5 Å². The van der Waals surface area contributed by atoms with Crippen LogP contribution in [0.15, 0.2) is 47.0 Å². The number of ether oxygens (including phenoxy) is 3. The Kier molecular flexibility index (Phi) is 8.21. The van der Waals surface area contributed by atoms with Gasteiger partial charge in [0.15, 0.2) is 11.5 Å². The summed E-state index contributed by atoms with van der Waals surface area (Å²) >= 11 is 5.97. The zero-order valence-corrected chi connectivity index (χ0v) is 26.3. The van der Waals surface area contributed by atoms with Crippen LogP contribution in [-0.2, 0) is 23.2 Å². The van der Waals surface area contributed by atoms with Gasteiger partial charge in [0, 0.05) is 37.1 Å². The Balaban J connectivity index is 1.08. The van der Waals surface area contributed by atoms with Crippen molar-refractivity contribution in [1.82, 2.24) is 25.2 Å². The SMILES string of the molecule is CC1CN(c2cc(-c3noc(C(F)(F)F)n3)nnc2CN2CCC(c3cccc4c3O[C@@](C)(c3ccc(Cl)cc3F)O4)CC2)CCO1. The molecule has 1 unspecified atom stereocenters. The molecule has 0 bridgehead atoms. The second kappa shape index (κ2) is 12.2. The maximum Gasteiger partial charge on any atom is 0.471 e. The lowest BCUT2D eigenvalue weighted by atomic mass is 9.88. The highest BCUT2D eigenvalue weighted by molar-refractivity contribution is 6.30. The van der Waals surface area contributed by atoms with Gasteiger partial charge in [0.2, 0.25) is 5.82 Å². The highest BCUT2D eigenvalue weighted by Crippen LogP contribution is 2.50. The van der Waals surface area contributed by atoms with Crippen LogP contribution in [0.2, 0.25) is 5.02 Å². The Hall–Kier alpha value is -4.01. The second-order valence-corrected chi connectivity index (χ2v) is 12.5. The summed E-state index contributed by atoms with van der Waals surface area (Å²) in [7, 11) is 0. The molecular weight excluding hydrogens is 644 g/mol. The van der Waals surface area contributed by atoms with Crippen LogP contribution in [-0.4, -0.2) is 64.1 Å². The summed E-state index contributed by atoms with van der Waals surface area (Å²) in [6.45, 7) is 7.32. The summed E-state index contributed by atoms with van der Waals surface area (Å²) in [4.78, 5) is 7.87. The molecule has 0 spiro atoms. The van der Waals surface area contributed by atoms with Crippen LogP contribution >= 0.6 is 11.6 Å². The van der Waals surface area contributed by atoms with Crippen LogP contribution in [0.4, 0.5) is 23.2 Å². The van der Waals surface area contributed by atoms with Gasteiger partial charge < -0.3 is 23.6 Å². The number of aromatic nitrogens is 4. The number of hydrogen-bond donors (Lipinski definition) is 0. The van der Waals surface area contributed by atoms with E-state index in [2.05, 4.69) is 34.7 Å². The highest BCUT2D eigenvalue weighted by Gasteiger charge is 2.43. The van der Waals surface area contributed by atoms with Crippen molar-refractivity contribution in [3.63, 3.8) is 0 Å². The van der Waals surface area contributed by atoms with Crippen LogP contribution in [0, 0.1) is 5.82 Å². The maximum absolute atomic E-state index is 14.8. The second-order valence-electron chi connectivity index (χ2n) is 12.1. The zero-order chi connectivity index (χ0) is 32.9. The first kappa shape index (κ1) is 31.6. The van der Waals surface area contributed by atoms with Crippen molar-refractivity contribution in [3.8, 4) is 23.0 Å². The minimum atomic E-state index is -4.76. The molecule has 5 heterocycles. The molecule has 2 atom stereocenters. The van der Waals surface area contributed by atoms with Crippen LogP contribution < -0.4 is 14.4 Å². The van der Waals surface area contributed by atoms with Crippen molar-refractivity contribution in [3.05, 3.63) is 76.0 Å². The van der Waals surface area contributed by atoms with Crippen molar-refractivity contribution in [2.45, 2.75) is 57.2 Å². The summed E-state index contributed by atoms with van der Waals surface area (Å²) in [5.74, 6) is -2.21. The van der Waals surface area contributed by atoms with Gasteiger partial charge in [0.25, 0.3) is 5.79 Å². The third kappa shape index (κ3) is 6.33. The summed E-state index contributed by atoms with van der Waals surface area (Å²) < 4.78 is 76.8. The lowest BCUT2D eigenvalue weighted by molar-refractivity contribution is -0.159. The van der Waals surface area contributed by atoms with E-state index in [1.807, 2.05) is 25.1 Å². The van der Waals surface area contributed by atoms with Crippen LogP contribution in [0.3, 0.4) is 0 Å². The van der Waals surface area contributed by atoms with E-state index >= 15 is 0 Å². The number of halogens is 5. The van der Waals surface area contributed by atoms with E-state index < -0.39 is 23.7 Å². The average molecular weight is 675 g/mol. The lowest BCUT2D eigenvalue weighted by Gasteiger charge is -2.36. The summed E-state index contributed by atoms with van der Waals surface area (Å²) in [6, 6.07) is 11.9. The number of likely N-dealkylation sites (tertiary alicyclic amines) is 1. The van der Waals surface area contributed by atoms with Gasteiger partial charge in [-0.25, -0.2) is 4.39 Å². The predicted octanol–water partition coefficient (Wildman–Crippen LogP) is 6.59. The first-order valence-electron chi connectivity index (χ1n) is 15.3. The number of rotatable bonds is 6. The Morgan fingerprint density at radius 1 is 1.04 bits per heavy atom. The number of hydrogen-bond acceptors (Lipinski definition) is 10. The molecule has 0 N–H and O–H groups in total. The van der Waals surface area contributed by atoms with E-state index in [9.17, 15) is 17.6 Å². The van der Waals surface area contributed by atoms with Gasteiger partial charge in [-0.1, -0.05) is 28.9 Å². The van der Waals surface area contributed by atoms with Crippen LogP contribution in [0.5, 0.6) is 11.5 Å². The van der Waals surface area contributed by atoms with Crippen LogP contribution in [0.1, 0.15) is 55.3 Å². The largest absolute Gasteiger partial charge is 0.471 e. The Bertz CT molecular complexity index is 1780. The van der Waals surface area contributed by atoms with Gasteiger partial charge in [-0.05, 0) is 69.1 Å². The molecule has 10 nitrogen and oxygen atoms in total. The quantitative estimate of drug-likeness (QED) is 0.209.